The van der Waals surface area contributed by atoms with Crippen molar-refractivity contribution in [2.45, 2.75) is 6.54 Å². The van der Waals surface area contributed by atoms with Gasteiger partial charge in [0.1, 0.15) is 0 Å². The largest absolute Gasteiger partial charge is 0.465 e. The van der Waals surface area contributed by atoms with Gasteiger partial charge in [0.2, 0.25) is 0 Å². The van der Waals surface area contributed by atoms with E-state index in [-0.39, 0.29) is 12.5 Å². The van der Waals surface area contributed by atoms with Gasteiger partial charge in [-0.05, 0) is 28.3 Å². The molecular formula is C15H13N3O2. The van der Waals surface area contributed by atoms with E-state index in [1.807, 2.05) is 36.4 Å². The lowest BCUT2D eigenvalue weighted by molar-refractivity contribution is 0.0601. The third kappa shape index (κ3) is 2.79. The second-order valence-electron chi connectivity index (χ2n) is 4.08. The summed E-state index contributed by atoms with van der Waals surface area (Å²) in [6, 6.07) is 14.7. The van der Waals surface area contributed by atoms with Gasteiger partial charge in [0, 0.05) is 4.91 Å². The molecule has 0 heterocycles. The maximum absolute atomic E-state index is 11.8. The van der Waals surface area contributed by atoms with Crippen LogP contribution in [0.3, 0.4) is 0 Å². The van der Waals surface area contributed by atoms with E-state index in [4.69, 9.17) is 10.3 Å². The van der Waals surface area contributed by atoms with Gasteiger partial charge in [-0.15, -0.1) is 0 Å². The molecule has 0 unspecified atom stereocenters. The molecule has 0 spiro atoms. The Labute approximate surface area is 116 Å². The standard InChI is InChI=1S/C15H13N3O2/c1-20-15(19)14-9-5-4-8-13(14)12-7-3-2-6-11(12)10-17-18-16/h2-9H,10H2,1H3. The molecule has 20 heavy (non-hydrogen) atoms. The molecule has 0 radical (unpaired) electrons. The van der Waals surface area contributed by atoms with Crippen LogP contribution in [0, 0.1) is 0 Å². The number of esters is 1. The summed E-state index contributed by atoms with van der Waals surface area (Å²) in [5.74, 6) is -0.390. The zero-order chi connectivity index (χ0) is 14.4. The predicted octanol–water partition coefficient (Wildman–Crippen LogP) is 3.95. The SMILES string of the molecule is COC(=O)c1ccccc1-c1ccccc1CN=[N+]=[N-]. The van der Waals surface area contributed by atoms with Crippen LogP contribution >= 0.6 is 0 Å². The molecule has 0 saturated carbocycles. The molecule has 0 aromatic heterocycles. The van der Waals surface area contributed by atoms with Crippen LogP contribution in [0.5, 0.6) is 0 Å². The molecule has 0 aliphatic rings. The minimum atomic E-state index is -0.390. The van der Waals surface area contributed by atoms with Crippen molar-refractivity contribution in [3.63, 3.8) is 0 Å². The number of ether oxygens (including phenoxy) is 1. The molecule has 0 amide bonds. The first-order valence-electron chi connectivity index (χ1n) is 6.04. The predicted molar refractivity (Wildman–Crippen MR) is 76.1 cm³/mol. The molecule has 0 aliphatic carbocycles. The Kier molecular flexibility index (Phi) is 4.37. The lowest BCUT2D eigenvalue weighted by Gasteiger charge is -2.11. The van der Waals surface area contributed by atoms with E-state index in [0.717, 1.165) is 16.7 Å². The fraction of sp³-hybridized carbons (Fsp3) is 0.133. The molecule has 0 fully saturated rings. The molecule has 5 nitrogen and oxygen atoms in total. The summed E-state index contributed by atoms with van der Waals surface area (Å²) in [6.45, 7) is 0.238. The van der Waals surface area contributed by atoms with Crippen LogP contribution in [0.15, 0.2) is 53.6 Å². The maximum atomic E-state index is 11.8. The monoisotopic (exact) mass is 267 g/mol. The number of carbonyl (C=O) groups excluding carboxylic acids is 1. The van der Waals surface area contributed by atoms with Crippen molar-refractivity contribution in [2.75, 3.05) is 7.11 Å². The average Bonchev–Trinajstić information content (AvgIpc) is 2.52. The molecule has 0 aliphatic heterocycles. The summed E-state index contributed by atoms with van der Waals surface area (Å²) in [7, 11) is 1.35. The topological polar surface area (TPSA) is 75.1 Å². The summed E-state index contributed by atoms with van der Waals surface area (Å²) in [6.07, 6.45) is 0. The van der Waals surface area contributed by atoms with E-state index in [2.05, 4.69) is 10.0 Å². The van der Waals surface area contributed by atoms with Gasteiger partial charge >= 0.3 is 5.97 Å². The quantitative estimate of drug-likeness (QED) is 0.364. The van der Waals surface area contributed by atoms with Crippen LogP contribution in [-0.2, 0) is 11.3 Å². The van der Waals surface area contributed by atoms with Crippen molar-refractivity contribution >= 4 is 5.97 Å². The lowest BCUT2D eigenvalue weighted by atomic mass is 9.95. The zero-order valence-electron chi connectivity index (χ0n) is 11.0. The van der Waals surface area contributed by atoms with Crippen molar-refractivity contribution in [2.24, 2.45) is 5.11 Å². The van der Waals surface area contributed by atoms with Crippen LogP contribution in [0.25, 0.3) is 21.6 Å². The summed E-state index contributed by atoms with van der Waals surface area (Å²) in [5, 5.41) is 3.59. The van der Waals surface area contributed by atoms with E-state index in [0.29, 0.717) is 5.56 Å². The normalized spacial score (nSPS) is 9.65. The van der Waals surface area contributed by atoms with Crippen molar-refractivity contribution < 1.29 is 9.53 Å². The Morgan fingerprint density at radius 2 is 1.80 bits per heavy atom. The number of hydrogen-bond acceptors (Lipinski definition) is 3. The summed E-state index contributed by atoms with van der Waals surface area (Å²) >= 11 is 0. The first-order valence-corrected chi connectivity index (χ1v) is 6.04. The van der Waals surface area contributed by atoms with E-state index in [1.165, 1.54) is 7.11 Å². The lowest BCUT2D eigenvalue weighted by Crippen LogP contribution is -2.04. The van der Waals surface area contributed by atoms with Gasteiger partial charge in [-0.2, -0.15) is 0 Å². The van der Waals surface area contributed by atoms with Crippen molar-refractivity contribution in [1.82, 2.24) is 0 Å². The molecule has 0 atom stereocenters. The van der Waals surface area contributed by atoms with Gasteiger partial charge in [0.25, 0.3) is 0 Å². The molecule has 0 N–H and O–H groups in total. The molecule has 100 valence electrons. The van der Waals surface area contributed by atoms with Crippen LogP contribution in [-0.4, -0.2) is 13.1 Å². The number of carbonyl (C=O) groups is 1. The molecule has 2 aromatic rings. The Morgan fingerprint density at radius 3 is 2.50 bits per heavy atom. The highest BCUT2D eigenvalue weighted by Crippen LogP contribution is 2.28. The number of nitrogens with zero attached hydrogens (tertiary/aromatic N) is 3. The number of hydrogen-bond donors (Lipinski definition) is 0. The first kappa shape index (κ1) is 13.6. The van der Waals surface area contributed by atoms with Gasteiger partial charge < -0.3 is 4.74 Å². The van der Waals surface area contributed by atoms with Gasteiger partial charge in [-0.1, -0.05) is 47.6 Å². The summed E-state index contributed by atoms with van der Waals surface area (Å²) in [4.78, 5) is 14.6. The fourth-order valence-electron chi connectivity index (χ4n) is 2.03. The average molecular weight is 267 g/mol. The molecular weight excluding hydrogens is 254 g/mol. The second-order valence-corrected chi connectivity index (χ2v) is 4.08. The van der Waals surface area contributed by atoms with E-state index in [9.17, 15) is 4.79 Å². The Bertz CT molecular complexity index is 676. The first-order chi connectivity index (χ1) is 9.77. The molecule has 5 heteroatoms. The van der Waals surface area contributed by atoms with Crippen LogP contribution in [0.1, 0.15) is 15.9 Å². The van der Waals surface area contributed by atoms with Crippen LogP contribution in [0.4, 0.5) is 0 Å². The smallest absolute Gasteiger partial charge is 0.338 e. The number of benzene rings is 2. The van der Waals surface area contributed by atoms with Crippen LogP contribution in [0.2, 0.25) is 0 Å². The third-order valence-electron chi connectivity index (χ3n) is 2.94. The Morgan fingerprint density at radius 1 is 1.15 bits per heavy atom. The van der Waals surface area contributed by atoms with E-state index in [1.54, 1.807) is 12.1 Å². The Hall–Kier alpha value is -2.78. The third-order valence-corrected chi connectivity index (χ3v) is 2.94. The van der Waals surface area contributed by atoms with Gasteiger partial charge in [-0.25, -0.2) is 4.79 Å². The van der Waals surface area contributed by atoms with Crippen molar-refractivity contribution in [1.29, 1.82) is 0 Å². The van der Waals surface area contributed by atoms with Crippen molar-refractivity contribution in [3.05, 3.63) is 70.1 Å². The van der Waals surface area contributed by atoms with Crippen LogP contribution < -0.4 is 0 Å². The number of rotatable bonds is 4. The maximum Gasteiger partial charge on any atom is 0.338 e. The van der Waals surface area contributed by atoms with E-state index < -0.39 is 0 Å². The van der Waals surface area contributed by atoms with Crippen molar-refractivity contribution in [3.8, 4) is 11.1 Å². The highest BCUT2D eigenvalue weighted by Gasteiger charge is 2.14. The highest BCUT2D eigenvalue weighted by molar-refractivity contribution is 5.97. The zero-order valence-corrected chi connectivity index (χ0v) is 11.0. The van der Waals surface area contributed by atoms with E-state index >= 15 is 0 Å². The highest BCUT2D eigenvalue weighted by atomic mass is 16.5. The van der Waals surface area contributed by atoms with Gasteiger partial charge in [0.15, 0.2) is 0 Å². The molecule has 0 bridgehead atoms. The second kappa shape index (κ2) is 6.41. The molecule has 2 rings (SSSR count). The molecule has 2 aromatic carbocycles. The molecule has 0 saturated heterocycles. The number of methoxy groups -OCH3 is 1. The summed E-state index contributed by atoms with van der Waals surface area (Å²) in [5.41, 5.74) is 11.4. The fourth-order valence-corrected chi connectivity index (χ4v) is 2.03. The van der Waals surface area contributed by atoms with Gasteiger partial charge in [0.05, 0.1) is 19.2 Å². The number of azide groups is 1. The Balaban J connectivity index is 2.57. The van der Waals surface area contributed by atoms with Gasteiger partial charge in [-0.3, -0.25) is 0 Å². The summed E-state index contributed by atoms with van der Waals surface area (Å²) < 4.78 is 4.80. The minimum Gasteiger partial charge on any atom is -0.465 e. The minimum absolute atomic E-state index is 0.238.